The molecule has 0 aromatic carbocycles. The second kappa shape index (κ2) is 7.13. The lowest BCUT2D eigenvalue weighted by Gasteiger charge is -2.34. The average molecular weight is 270 g/mol. The number of hydrogen-bond acceptors (Lipinski definition) is 3. The third-order valence-corrected chi connectivity index (χ3v) is 3.26. The lowest BCUT2D eigenvalue weighted by atomic mass is 9.90. The van der Waals surface area contributed by atoms with Crippen LogP contribution < -0.4 is 10.6 Å². The van der Waals surface area contributed by atoms with E-state index in [4.69, 9.17) is 4.74 Å². The minimum atomic E-state index is -0.431. The van der Waals surface area contributed by atoms with Crippen molar-refractivity contribution in [2.75, 3.05) is 6.54 Å². The zero-order valence-electron chi connectivity index (χ0n) is 13.1. The van der Waals surface area contributed by atoms with Crippen LogP contribution in [-0.4, -0.2) is 30.3 Å². The van der Waals surface area contributed by atoms with Crippen LogP contribution in [0.3, 0.4) is 0 Å². The number of carbonyl (C=O) groups excluding carboxylic acids is 1. The fourth-order valence-corrected chi connectivity index (χ4v) is 2.39. The number of alkyl carbamates (subject to hydrolysis) is 1. The molecule has 0 aromatic rings. The predicted octanol–water partition coefficient (Wildman–Crippen LogP) is 3.07. The number of ether oxygens (including phenoxy) is 1. The Morgan fingerprint density at radius 3 is 2.32 bits per heavy atom. The standard InChI is InChI=1S/C15H30N2O2/c1-11(2)10-16-12-8-6-7-9-13(12)17-14(18)19-15(3,4)5/h11-13,16H,6-10H2,1-5H3,(H,17,18)/t12-,13-/m1/s1. The SMILES string of the molecule is CC(C)CN[C@@H]1CCCC[C@H]1NC(=O)OC(C)(C)C. The van der Waals surface area contributed by atoms with Gasteiger partial charge in [0.2, 0.25) is 0 Å². The molecule has 0 bridgehead atoms. The highest BCUT2D eigenvalue weighted by Crippen LogP contribution is 2.19. The fourth-order valence-electron chi connectivity index (χ4n) is 2.39. The van der Waals surface area contributed by atoms with Crippen molar-refractivity contribution in [3.05, 3.63) is 0 Å². The van der Waals surface area contributed by atoms with Gasteiger partial charge in [0.25, 0.3) is 0 Å². The summed E-state index contributed by atoms with van der Waals surface area (Å²) in [6.07, 6.45) is 4.29. The van der Waals surface area contributed by atoms with E-state index in [2.05, 4.69) is 24.5 Å². The fraction of sp³-hybridized carbons (Fsp3) is 0.933. The zero-order chi connectivity index (χ0) is 14.5. The van der Waals surface area contributed by atoms with Crippen LogP contribution in [0.4, 0.5) is 4.79 Å². The van der Waals surface area contributed by atoms with Crippen molar-refractivity contribution >= 4 is 6.09 Å². The molecule has 2 N–H and O–H groups in total. The molecule has 0 radical (unpaired) electrons. The van der Waals surface area contributed by atoms with Gasteiger partial charge in [-0.25, -0.2) is 4.79 Å². The lowest BCUT2D eigenvalue weighted by Crippen LogP contribution is -2.53. The molecule has 0 aliphatic heterocycles. The van der Waals surface area contributed by atoms with Gasteiger partial charge in [0.1, 0.15) is 5.60 Å². The van der Waals surface area contributed by atoms with Gasteiger partial charge in [-0.3, -0.25) is 0 Å². The smallest absolute Gasteiger partial charge is 0.407 e. The molecule has 1 rings (SSSR count). The zero-order valence-corrected chi connectivity index (χ0v) is 13.1. The van der Waals surface area contributed by atoms with E-state index in [9.17, 15) is 4.79 Å². The van der Waals surface area contributed by atoms with Crippen molar-refractivity contribution in [3.63, 3.8) is 0 Å². The molecule has 4 heteroatoms. The van der Waals surface area contributed by atoms with E-state index in [0.717, 1.165) is 19.4 Å². The Kier molecular flexibility index (Phi) is 6.11. The van der Waals surface area contributed by atoms with E-state index >= 15 is 0 Å². The summed E-state index contributed by atoms with van der Waals surface area (Å²) in [6.45, 7) is 11.1. The van der Waals surface area contributed by atoms with Crippen molar-refractivity contribution < 1.29 is 9.53 Å². The number of rotatable bonds is 4. The first-order chi connectivity index (χ1) is 8.78. The van der Waals surface area contributed by atoms with Crippen LogP contribution in [0.25, 0.3) is 0 Å². The highest BCUT2D eigenvalue weighted by molar-refractivity contribution is 5.68. The van der Waals surface area contributed by atoms with Crippen LogP contribution in [0.1, 0.15) is 60.3 Å². The van der Waals surface area contributed by atoms with Crippen LogP contribution >= 0.6 is 0 Å². The minimum absolute atomic E-state index is 0.197. The van der Waals surface area contributed by atoms with E-state index < -0.39 is 5.60 Å². The summed E-state index contributed by atoms with van der Waals surface area (Å²) >= 11 is 0. The van der Waals surface area contributed by atoms with Gasteiger partial charge in [0.15, 0.2) is 0 Å². The molecule has 0 spiro atoms. The normalized spacial score (nSPS) is 24.3. The summed E-state index contributed by atoms with van der Waals surface area (Å²) in [5.41, 5.74) is -0.431. The van der Waals surface area contributed by atoms with Gasteiger partial charge in [-0.2, -0.15) is 0 Å². The van der Waals surface area contributed by atoms with E-state index in [1.54, 1.807) is 0 Å². The first-order valence-corrected chi connectivity index (χ1v) is 7.51. The molecule has 19 heavy (non-hydrogen) atoms. The summed E-state index contributed by atoms with van der Waals surface area (Å²) in [7, 11) is 0. The molecular formula is C15H30N2O2. The topological polar surface area (TPSA) is 50.4 Å². The van der Waals surface area contributed by atoms with Crippen molar-refractivity contribution in [2.24, 2.45) is 5.92 Å². The molecule has 1 saturated carbocycles. The maximum atomic E-state index is 11.8. The van der Waals surface area contributed by atoms with E-state index in [-0.39, 0.29) is 12.1 Å². The number of nitrogens with one attached hydrogen (secondary N) is 2. The maximum absolute atomic E-state index is 11.8. The molecule has 1 aliphatic carbocycles. The molecule has 0 saturated heterocycles. The van der Waals surface area contributed by atoms with Crippen LogP contribution in [-0.2, 0) is 4.74 Å². The first-order valence-electron chi connectivity index (χ1n) is 7.51. The average Bonchev–Trinajstić information content (AvgIpc) is 2.25. The van der Waals surface area contributed by atoms with Crippen LogP contribution in [0, 0.1) is 5.92 Å². The van der Waals surface area contributed by atoms with E-state index in [0.29, 0.717) is 12.0 Å². The number of hydrogen-bond donors (Lipinski definition) is 2. The number of carbonyl (C=O) groups is 1. The van der Waals surface area contributed by atoms with Crippen molar-refractivity contribution in [2.45, 2.75) is 78.0 Å². The highest BCUT2D eigenvalue weighted by Gasteiger charge is 2.27. The summed E-state index contributed by atoms with van der Waals surface area (Å²) in [5, 5.41) is 6.59. The Bertz CT molecular complexity index is 284. The van der Waals surface area contributed by atoms with Crippen molar-refractivity contribution in [1.29, 1.82) is 0 Å². The predicted molar refractivity (Wildman–Crippen MR) is 78.3 cm³/mol. The number of amides is 1. The van der Waals surface area contributed by atoms with E-state index in [1.165, 1.54) is 12.8 Å². The largest absolute Gasteiger partial charge is 0.444 e. The summed E-state index contributed by atoms with van der Waals surface area (Å²) < 4.78 is 5.34. The molecular weight excluding hydrogens is 240 g/mol. The molecule has 1 aliphatic rings. The Balaban J connectivity index is 2.45. The van der Waals surface area contributed by atoms with Gasteiger partial charge in [0, 0.05) is 12.1 Å². The van der Waals surface area contributed by atoms with Crippen LogP contribution in [0.15, 0.2) is 0 Å². The van der Waals surface area contributed by atoms with Crippen LogP contribution in [0.2, 0.25) is 0 Å². The quantitative estimate of drug-likeness (QED) is 0.825. The van der Waals surface area contributed by atoms with Gasteiger partial charge in [-0.15, -0.1) is 0 Å². The van der Waals surface area contributed by atoms with Crippen molar-refractivity contribution in [3.8, 4) is 0 Å². The molecule has 1 amide bonds. The third-order valence-electron chi connectivity index (χ3n) is 3.26. The van der Waals surface area contributed by atoms with Gasteiger partial charge < -0.3 is 15.4 Å². The first kappa shape index (κ1) is 16.3. The molecule has 112 valence electrons. The van der Waals surface area contributed by atoms with Crippen molar-refractivity contribution in [1.82, 2.24) is 10.6 Å². The molecule has 2 atom stereocenters. The summed E-state index contributed by atoms with van der Waals surface area (Å²) in [5.74, 6) is 0.629. The Morgan fingerprint density at radius 1 is 1.21 bits per heavy atom. The lowest BCUT2D eigenvalue weighted by molar-refractivity contribution is 0.0479. The van der Waals surface area contributed by atoms with Gasteiger partial charge in [0.05, 0.1) is 0 Å². The van der Waals surface area contributed by atoms with E-state index in [1.807, 2.05) is 20.8 Å². The molecule has 0 unspecified atom stereocenters. The second-order valence-corrected chi connectivity index (χ2v) is 6.95. The summed E-state index contributed by atoms with van der Waals surface area (Å²) in [4.78, 5) is 11.8. The maximum Gasteiger partial charge on any atom is 0.407 e. The van der Waals surface area contributed by atoms with Gasteiger partial charge >= 0.3 is 6.09 Å². The van der Waals surface area contributed by atoms with Gasteiger partial charge in [-0.05, 0) is 46.1 Å². The molecule has 1 fully saturated rings. The molecule has 0 heterocycles. The Hall–Kier alpha value is -0.770. The minimum Gasteiger partial charge on any atom is -0.444 e. The van der Waals surface area contributed by atoms with Gasteiger partial charge in [-0.1, -0.05) is 26.7 Å². The second-order valence-electron chi connectivity index (χ2n) is 6.95. The monoisotopic (exact) mass is 270 g/mol. The molecule has 0 aromatic heterocycles. The molecule has 4 nitrogen and oxygen atoms in total. The third kappa shape index (κ3) is 6.81. The summed E-state index contributed by atoms with van der Waals surface area (Å²) in [6, 6.07) is 0.575. The highest BCUT2D eigenvalue weighted by atomic mass is 16.6. The Morgan fingerprint density at radius 2 is 1.79 bits per heavy atom. The van der Waals surface area contributed by atoms with Crippen LogP contribution in [0.5, 0.6) is 0 Å². The Labute approximate surface area is 117 Å².